The van der Waals surface area contributed by atoms with Crippen LogP contribution in [0.1, 0.15) is 45.4 Å². The van der Waals surface area contributed by atoms with Gasteiger partial charge in [0.2, 0.25) is 10.0 Å². The molecule has 3 aliphatic heterocycles. The van der Waals surface area contributed by atoms with Gasteiger partial charge in [0.05, 0.1) is 11.7 Å². The van der Waals surface area contributed by atoms with Crippen molar-refractivity contribution in [1.29, 1.82) is 0 Å². The third-order valence-corrected chi connectivity index (χ3v) is 9.46. The Bertz CT molecular complexity index is 1320. The molecule has 3 aliphatic rings. The molecule has 6 rings (SSSR count). The van der Waals surface area contributed by atoms with Gasteiger partial charge in [0.1, 0.15) is 16.5 Å². The molecule has 0 amide bonds. The first kappa shape index (κ1) is 23.5. The Labute approximate surface area is 211 Å². The standard InChI is InChI=1S/C25H32N8O2S/c1-16-11-24(32-31-16)29-23-14-22-21(8-4-10-27-22)25(30-23)28-17-12-18-5-2-6-19(13-17)33(18)36(34,35)20-7-3-9-26-15-20/h3-4,7-10,14-19,24,31-32H,2,5-6,11-13H2,1H3,(H2,28,29,30)/t16?,17?,18-,19+,24?. The summed E-state index contributed by atoms with van der Waals surface area (Å²) in [6, 6.07) is 9.67. The number of hydrogen-bond donors (Lipinski definition) is 4. The zero-order valence-corrected chi connectivity index (χ0v) is 21.1. The largest absolute Gasteiger partial charge is 0.367 e. The molecule has 3 saturated heterocycles. The Hall–Kier alpha value is -2.86. The summed E-state index contributed by atoms with van der Waals surface area (Å²) >= 11 is 0. The number of hydrazine groups is 1. The molecular formula is C25H32N8O2S. The summed E-state index contributed by atoms with van der Waals surface area (Å²) in [5.41, 5.74) is 7.35. The first-order valence-electron chi connectivity index (χ1n) is 12.7. The third-order valence-electron chi connectivity index (χ3n) is 7.47. The van der Waals surface area contributed by atoms with Crippen LogP contribution >= 0.6 is 0 Å². The second-order valence-electron chi connectivity index (χ2n) is 10.1. The van der Waals surface area contributed by atoms with Crippen LogP contribution in [0.15, 0.2) is 53.8 Å². The number of piperidine rings is 2. The normalized spacial score (nSPS) is 28.8. The van der Waals surface area contributed by atoms with E-state index in [9.17, 15) is 8.42 Å². The average Bonchev–Trinajstić information content (AvgIpc) is 3.28. The first-order chi connectivity index (χ1) is 17.5. The molecule has 4 N–H and O–H groups in total. The maximum atomic E-state index is 13.5. The number of aromatic nitrogens is 3. The van der Waals surface area contributed by atoms with E-state index in [0.29, 0.717) is 6.04 Å². The zero-order valence-electron chi connectivity index (χ0n) is 20.3. The summed E-state index contributed by atoms with van der Waals surface area (Å²) < 4.78 is 28.8. The quantitative estimate of drug-likeness (QED) is 0.398. The Kier molecular flexibility index (Phi) is 6.24. The SMILES string of the molecule is CC1CC(Nc2cc3ncccc3c(NC3C[C@H]4CCC[C@@H](C3)N4S(=O)(=O)c3cccnc3)n2)NN1. The van der Waals surface area contributed by atoms with Crippen LogP contribution in [-0.4, -0.2) is 58.0 Å². The maximum absolute atomic E-state index is 13.5. The molecule has 36 heavy (non-hydrogen) atoms. The number of rotatable bonds is 6. The van der Waals surface area contributed by atoms with E-state index >= 15 is 0 Å². The number of sulfonamides is 1. The molecule has 10 nitrogen and oxygen atoms in total. The molecular weight excluding hydrogens is 476 g/mol. The maximum Gasteiger partial charge on any atom is 0.245 e. The molecule has 0 saturated carbocycles. The lowest BCUT2D eigenvalue weighted by Gasteiger charge is -2.47. The molecule has 0 aromatic carbocycles. The minimum atomic E-state index is -3.58. The van der Waals surface area contributed by atoms with Gasteiger partial charge in [0, 0.05) is 54.2 Å². The fourth-order valence-corrected chi connectivity index (χ4v) is 7.77. The third kappa shape index (κ3) is 4.52. The smallest absolute Gasteiger partial charge is 0.245 e. The van der Waals surface area contributed by atoms with Gasteiger partial charge in [-0.05, 0) is 63.3 Å². The van der Waals surface area contributed by atoms with Gasteiger partial charge in [-0.1, -0.05) is 6.42 Å². The van der Waals surface area contributed by atoms with Crippen molar-refractivity contribution in [3.8, 4) is 0 Å². The second-order valence-corrected chi connectivity index (χ2v) is 12.0. The van der Waals surface area contributed by atoms with Crippen molar-refractivity contribution < 1.29 is 8.42 Å². The predicted octanol–water partition coefficient (Wildman–Crippen LogP) is 2.84. The lowest BCUT2D eigenvalue weighted by molar-refractivity contribution is 0.116. The number of fused-ring (bicyclic) bond motifs is 3. The van der Waals surface area contributed by atoms with Crippen molar-refractivity contribution in [1.82, 2.24) is 30.1 Å². The highest BCUT2D eigenvalue weighted by molar-refractivity contribution is 7.89. The summed E-state index contributed by atoms with van der Waals surface area (Å²) in [6.07, 6.45) is 10.1. The number of nitrogens with zero attached hydrogens (tertiary/aromatic N) is 4. The van der Waals surface area contributed by atoms with E-state index in [1.165, 1.54) is 6.20 Å². The fraction of sp³-hybridized carbons (Fsp3) is 0.480. The Morgan fingerprint density at radius 2 is 1.83 bits per heavy atom. The van der Waals surface area contributed by atoms with Gasteiger partial charge in [-0.25, -0.2) is 18.8 Å². The van der Waals surface area contributed by atoms with E-state index in [4.69, 9.17) is 4.98 Å². The molecule has 2 bridgehead atoms. The predicted molar refractivity (Wildman–Crippen MR) is 139 cm³/mol. The van der Waals surface area contributed by atoms with Crippen LogP contribution < -0.4 is 21.5 Å². The zero-order chi connectivity index (χ0) is 24.7. The molecule has 3 aromatic rings. The first-order valence-corrected chi connectivity index (χ1v) is 14.1. The topological polar surface area (TPSA) is 124 Å². The van der Waals surface area contributed by atoms with Crippen LogP contribution in [0.3, 0.4) is 0 Å². The van der Waals surface area contributed by atoms with Crippen molar-refractivity contribution in [2.24, 2.45) is 0 Å². The van der Waals surface area contributed by atoms with E-state index in [0.717, 1.165) is 61.1 Å². The lowest BCUT2D eigenvalue weighted by atomic mass is 9.84. The highest BCUT2D eigenvalue weighted by Crippen LogP contribution is 2.39. The Morgan fingerprint density at radius 1 is 1.03 bits per heavy atom. The molecule has 3 unspecified atom stereocenters. The Balaban J connectivity index is 1.25. The van der Waals surface area contributed by atoms with Crippen molar-refractivity contribution in [2.75, 3.05) is 10.6 Å². The average molecular weight is 509 g/mol. The highest BCUT2D eigenvalue weighted by Gasteiger charge is 2.45. The van der Waals surface area contributed by atoms with Crippen LogP contribution in [0.5, 0.6) is 0 Å². The number of nitrogens with one attached hydrogen (secondary N) is 4. The van der Waals surface area contributed by atoms with Gasteiger partial charge < -0.3 is 10.6 Å². The molecule has 0 radical (unpaired) electrons. The minimum absolute atomic E-state index is 0.0406. The summed E-state index contributed by atoms with van der Waals surface area (Å²) in [7, 11) is -3.58. The molecule has 6 heterocycles. The van der Waals surface area contributed by atoms with Crippen molar-refractivity contribution >= 4 is 32.6 Å². The molecule has 190 valence electrons. The molecule has 5 atom stereocenters. The molecule has 0 spiro atoms. The van der Waals surface area contributed by atoms with Crippen LogP contribution in [-0.2, 0) is 10.0 Å². The summed E-state index contributed by atoms with van der Waals surface area (Å²) in [5, 5.41) is 8.11. The van der Waals surface area contributed by atoms with E-state index in [2.05, 4.69) is 38.4 Å². The number of pyridine rings is 3. The number of hydrogen-bond acceptors (Lipinski definition) is 9. The molecule has 11 heteroatoms. The van der Waals surface area contributed by atoms with Gasteiger partial charge in [-0.3, -0.25) is 15.4 Å². The van der Waals surface area contributed by atoms with Crippen molar-refractivity contribution in [3.05, 3.63) is 48.9 Å². The molecule has 3 aromatic heterocycles. The van der Waals surface area contributed by atoms with Crippen LogP contribution in [0.4, 0.5) is 11.6 Å². The van der Waals surface area contributed by atoms with Crippen LogP contribution in [0.2, 0.25) is 0 Å². The Morgan fingerprint density at radius 3 is 2.56 bits per heavy atom. The summed E-state index contributed by atoms with van der Waals surface area (Å²) in [5.74, 6) is 1.54. The lowest BCUT2D eigenvalue weighted by Crippen LogP contribution is -2.56. The monoisotopic (exact) mass is 508 g/mol. The van der Waals surface area contributed by atoms with Crippen molar-refractivity contribution in [3.63, 3.8) is 0 Å². The van der Waals surface area contributed by atoms with Gasteiger partial charge in [0.15, 0.2) is 0 Å². The van der Waals surface area contributed by atoms with E-state index in [1.54, 1.807) is 28.8 Å². The fourth-order valence-electron chi connectivity index (χ4n) is 5.91. The summed E-state index contributed by atoms with van der Waals surface area (Å²) in [6.45, 7) is 2.13. The molecule has 0 aliphatic carbocycles. The van der Waals surface area contributed by atoms with E-state index in [1.807, 2.05) is 18.2 Å². The minimum Gasteiger partial charge on any atom is -0.367 e. The second kappa shape index (κ2) is 9.55. The number of anilines is 2. The van der Waals surface area contributed by atoms with Crippen molar-refractivity contribution in [2.45, 2.75) is 80.7 Å². The van der Waals surface area contributed by atoms with Gasteiger partial charge in [-0.2, -0.15) is 4.31 Å². The van der Waals surface area contributed by atoms with Gasteiger partial charge in [0.25, 0.3) is 0 Å². The highest BCUT2D eigenvalue weighted by atomic mass is 32.2. The van der Waals surface area contributed by atoms with Crippen LogP contribution in [0.25, 0.3) is 10.9 Å². The van der Waals surface area contributed by atoms with Gasteiger partial charge >= 0.3 is 0 Å². The summed E-state index contributed by atoms with van der Waals surface area (Å²) in [4.78, 5) is 13.8. The van der Waals surface area contributed by atoms with Gasteiger partial charge in [-0.15, -0.1) is 0 Å². The van der Waals surface area contributed by atoms with Crippen LogP contribution in [0, 0.1) is 0 Å². The van der Waals surface area contributed by atoms with E-state index < -0.39 is 10.0 Å². The molecule has 3 fully saturated rings. The van der Waals surface area contributed by atoms with E-state index in [-0.39, 0.29) is 29.2 Å².